The van der Waals surface area contributed by atoms with Gasteiger partial charge in [0.1, 0.15) is 6.04 Å². The molecule has 2 N–H and O–H groups in total. The Kier molecular flexibility index (Phi) is 4.77. The van der Waals surface area contributed by atoms with Crippen molar-refractivity contribution in [2.24, 2.45) is 5.41 Å². The van der Waals surface area contributed by atoms with Crippen molar-refractivity contribution in [3.8, 4) is 0 Å². The zero-order valence-corrected chi connectivity index (χ0v) is 13.2. The summed E-state index contributed by atoms with van der Waals surface area (Å²) >= 11 is 0. The van der Waals surface area contributed by atoms with Crippen LogP contribution in [0.25, 0.3) is 0 Å². The maximum absolute atomic E-state index is 11.5. The molecular weight excluding hydrogens is 286 g/mol. The number of benzene rings is 2. The van der Waals surface area contributed by atoms with Gasteiger partial charge in [-0.2, -0.15) is 0 Å². The van der Waals surface area contributed by atoms with E-state index in [0.29, 0.717) is 6.42 Å². The smallest absolute Gasteiger partial charge is 0.320 e. The number of aliphatic carboxylic acids is 1. The fourth-order valence-corrected chi connectivity index (χ4v) is 3.73. The second-order valence-electron chi connectivity index (χ2n) is 6.62. The van der Waals surface area contributed by atoms with Crippen molar-refractivity contribution in [3.63, 3.8) is 0 Å². The lowest BCUT2D eigenvalue weighted by molar-refractivity contribution is -0.141. The van der Waals surface area contributed by atoms with Crippen LogP contribution < -0.4 is 5.32 Å². The Morgan fingerprint density at radius 2 is 1.52 bits per heavy atom. The van der Waals surface area contributed by atoms with E-state index in [4.69, 9.17) is 0 Å². The highest BCUT2D eigenvalue weighted by atomic mass is 16.4. The van der Waals surface area contributed by atoms with Gasteiger partial charge in [-0.3, -0.25) is 4.79 Å². The molecule has 1 unspecified atom stereocenters. The Morgan fingerprint density at radius 1 is 1.00 bits per heavy atom. The summed E-state index contributed by atoms with van der Waals surface area (Å²) < 4.78 is 0. The van der Waals surface area contributed by atoms with E-state index < -0.39 is 12.0 Å². The maximum atomic E-state index is 11.5. The molecule has 23 heavy (non-hydrogen) atoms. The van der Waals surface area contributed by atoms with E-state index in [1.807, 2.05) is 12.1 Å². The highest BCUT2D eigenvalue weighted by molar-refractivity contribution is 5.73. The molecule has 120 valence electrons. The molecule has 0 bridgehead atoms. The van der Waals surface area contributed by atoms with Crippen molar-refractivity contribution in [1.29, 1.82) is 0 Å². The van der Waals surface area contributed by atoms with Gasteiger partial charge in [0.25, 0.3) is 0 Å². The predicted octanol–water partition coefficient (Wildman–Crippen LogP) is 3.29. The molecule has 1 atom stereocenters. The molecule has 1 fully saturated rings. The fourth-order valence-electron chi connectivity index (χ4n) is 3.73. The zero-order valence-electron chi connectivity index (χ0n) is 13.2. The Morgan fingerprint density at radius 3 is 2.00 bits per heavy atom. The van der Waals surface area contributed by atoms with Gasteiger partial charge < -0.3 is 10.4 Å². The molecule has 1 aliphatic heterocycles. The first-order valence-electron chi connectivity index (χ1n) is 8.21. The van der Waals surface area contributed by atoms with Gasteiger partial charge in [-0.05, 0) is 48.8 Å². The van der Waals surface area contributed by atoms with Crippen LogP contribution in [-0.4, -0.2) is 23.7 Å². The Bertz CT molecular complexity index is 598. The van der Waals surface area contributed by atoms with Crippen molar-refractivity contribution in [2.75, 3.05) is 6.54 Å². The second-order valence-corrected chi connectivity index (χ2v) is 6.62. The standard InChI is InChI=1S/C20H23NO2/c22-19(23)18-15-20(11-12-21-18,13-16-7-3-1-4-8-16)14-17-9-5-2-6-10-17/h1-10,18,21H,11-15H2,(H,22,23). The number of rotatable bonds is 5. The van der Waals surface area contributed by atoms with Gasteiger partial charge in [0.15, 0.2) is 0 Å². The maximum Gasteiger partial charge on any atom is 0.320 e. The third kappa shape index (κ3) is 3.99. The zero-order chi connectivity index (χ0) is 16.1. The summed E-state index contributed by atoms with van der Waals surface area (Å²) in [6.45, 7) is 0.761. The van der Waals surface area contributed by atoms with Crippen LogP contribution in [0.5, 0.6) is 0 Å². The quantitative estimate of drug-likeness (QED) is 0.891. The van der Waals surface area contributed by atoms with Gasteiger partial charge in [-0.1, -0.05) is 60.7 Å². The summed E-state index contributed by atoms with van der Waals surface area (Å²) in [5, 5.41) is 12.6. The van der Waals surface area contributed by atoms with Crippen LogP contribution in [0.3, 0.4) is 0 Å². The molecule has 0 saturated carbocycles. The van der Waals surface area contributed by atoms with Gasteiger partial charge in [0.05, 0.1) is 0 Å². The topological polar surface area (TPSA) is 49.3 Å². The van der Waals surface area contributed by atoms with Gasteiger partial charge in [0, 0.05) is 0 Å². The highest BCUT2D eigenvalue weighted by Gasteiger charge is 2.38. The highest BCUT2D eigenvalue weighted by Crippen LogP contribution is 2.38. The molecule has 2 aromatic carbocycles. The van der Waals surface area contributed by atoms with E-state index in [2.05, 4.69) is 53.8 Å². The van der Waals surface area contributed by atoms with Crippen LogP contribution in [-0.2, 0) is 17.6 Å². The third-order valence-corrected chi connectivity index (χ3v) is 4.83. The van der Waals surface area contributed by atoms with Gasteiger partial charge >= 0.3 is 5.97 Å². The Labute approximate surface area is 137 Å². The number of nitrogens with one attached hydrogen (secondary N) is 1. The summed E-state index contributed by atoms with van der Waals surface area (Å²) in [7, 11) is 0. The SMILES string of the molecule is O=C(O)C1CC(Cc2ccccc2)(Cc2ccccc2)CCN1. The summed E-state index contributed by atoms with van der Waals surface area (Å²) in [6, 6.07) is 20.4. The minimum Gasteiger partial charge on any atom is -0.480 e. The normalized spacial score (nSPS) is 20.1. The van der Waals surface area contributed by atoms with E-state index in [0.717, 1.165) is 25.8 Å². The fraction of sp³-hybridized carbons (Fsp3) is 0.350. The van der Waals surface area contributed by atoms with E-state index >= 15 is 0 Å². The number of carboxylic acids is 1. The van der Waals surface area contributed by atoms with Gasteiger partial charge in [-0.15, -0.1) is 0 Å². The van der Waals surface area contributed by atoms with E-state index in [1.165, 1.54) is 11.1 Å². The first-order chi connectivity index (χ1) is 11.2. The summed E-state index contributed by atoms with van der Waals surface area (Å²) in [5.41, 5.74) is 2.57. The van der Waals surface area contributed by atoms with Gasteiger partial charge in [0.2, 0.25) is 0 Å². The summed E-state index contributed by atoms with van der Waals surface area (Å²) in [4.78, 5) is 11.5. The monoisotopic (exact) mass is 309 g/mol. The van der Waals surface area contributed by atoms with Crippen molar-refractivity contribution >= 4 is 5.97 Å². The molecule has 1 heterocycles. The molecule has 0 aromatic heterocycles. The van der Waals surface area contributed by atoms with E-state index in [-0.39, 0.29) is 5.41 Å². The second kappa shape index (κ2) is 6.97. The predicted molar refractivity (Wildman–Crippen MR) is 91.4 cm³/mol. The molecule has 0 spiro atoms. The molecule has 3 nitrogen and oxygen atoms in total. The van der Waals surface area contributed by atoms with E-state index in [1.54, 1.807) is 0 Å². The minimum absolute atomic E-state index is 0.00296. The molecule has 3 heteroatoms. The number of carbonyl (C=O) groups is 1. The largest absolute Gasteiger partial charge is 0.480 e. The van der Waals surface area contributed by atoms with Crippen LogP contribution in [0.1, 0.15) is 24.0 Å². The van der Waals surface area contributed by atoms with Gasteiger partial charge in [-0.25, -0.2) is 0 Å². The summed E-state index contributed by atoms with van der Waals surface area (Å²) in [5.74, 6) is -0.741. The van der Waals surface area contributed by atoms with Crippen molar-refractivity contribution < 1.29 is 9.90 Å². The molecule has 0 radical (unpaired) electrons. The lowest BCUT2D eigenvalue weighted by Crippen LogP contribution is -2.49. The summed E-state index contributed by atoms with van der Waals surface area (Å²) in [6.07, 6.45) is 3.52. The lowest BCUT2D eigenvalue weighted by Gasteiger charge is -2.41. The minimum atomic E-state index is -0.741. The van der Waals surface area contributed by atoms with Crippen LogP contribution in [0.15, 0.2) is 60.7 Å². The van der Waals surface area contributed by atoms with E-state index in [9.17, 15) is 9.90 Å². The van der Waals surface area contributed by atoms with Crippen LogP contribution in [0, 0.1) is 5.41 Å². The first kappa shape index (κ1) is 15.8. The number of piperidine rings is 1. The lowest BCUT2D eigenvalue weighted by atomic mass is 9.68. The van der Waals surface area contributed by atoms with Crippen LogP contribution >= 0.6 is 0 Å². The first-order valence-corrected chi connectivity index (χ1v) is 8.21. The molecule has 3 rings (SSSR count). The number of carboxylic acid groups (broad SMARTS) is 1. The molecule has 0 amide bonds. The Hall–Kier alpha value is -2.13. The molecule has 2 aromatic rings. The number of hydrogen-bond donors (Lipinski definition) is 2. The van der Waals surface area contributed by atoms with Crippen molar-refractivity contribution in [3.05, 3.63) is 71.8 Å². The molecule has 1 aliphatic rings. The number of hydrogen-bond acceptors (Lipinski definition) is 2. The van der Waals surface area contributed by atoms with Crippen molar-refractivity contribution in [1.82, 2.24) is 5.32 Å². The van der Waals surface area contributed by atoms with Crippen LogP contribution in [0.4, 0.5) is 0 Å². The van der Waals surface area contributed by atoms with Crippen molar-refractivity contribution in [2.45, 2.75) is 31.7 Å². The molecular formula is C20H23NO2. The Balaban J connectivity index is 1.87. The average molecular weight is 309 g/mol. The molecule has 1 saturated heterocycles. The molecule has 0 aliphatic carbocycles. The third-order valence-electron chi connectivity index (χ3n) is 4.83. The average Bonchev–Trinajstić information content (AvgIpc) is 2.56. The van der Waals surface area contributed by atoms with Crippen LogP contribution in [0.2, 0.25) is 0 Å².